The molecule has 118 valence electrons. The van der Waals surface area contributed by atoms with Gasteiger partial charge in [0.25, 0.3) is 0 Å². The van der Waals surface area contributed by atoms with Gasteiger partial charge in [-0.3, -0.25) is 4.79 Å². The Hall–Kier alpha value is -0.710. The van der Waals surface area contributed by atoms with Crippen molar-refractivity contribution in [2.45, 2.75) is 37.6 Å². The second kappa shape index (κ2) is 9.34. The fourth-order valence-electron chi connectivity index (χ4n) is 2.58. The molecule has 5 heteroatoms. The van der Waals surface area contributed by atoms with Crippen LogP contribution in [-0.2, 0) is 11.3 Å². The zero-order chi connectivity index (χ0) is 14.4. The Bertz CT molecular complexity index is 462. The maximum Gasteiger partial charge on any atom is 0.220 e. The van der Waals surface area contributed by atoms with E-state index in [0.717, 1.165) is 19.5 Å². The summed E-state index contributed by atoms with van der Waals surface area (Å²) in [6.07, 6.45) is 4.93. The summed E-state index contributed by atoms with van der Waals surface area (Å²) in [7, 11) is 0. The number of carbonyl (C=O) groups is 1. The summed E-state index contributed by atoms with van der Waals surface area (Å²) in [5, 5.41) is 6.38. The van der Waals surface area contributed by atoms with Crippen LogP contribution in [0.3, 0.4) is 0 Å². The molecular formula is C16H25ClN2OS. The highest BCUT2D eigenvalue weighted by Crippen LogP contribution is 2.21. The fourth-order valence-corrected chi connectivity index (χ4v) is 3.28. The number of thioether (sulfide) groups is 1. The van der Waals surface area contributed by atoms with Gasteiger partial charge in [-0.05, 0) is 62.2 Å². The number of benzene rings is 1. The van der Waals surface area contributed by atoms with Gasteiger partial charge in [0.1, 0.15) is 0 Å². The quantitative estimate of drug-likeness (QED) is 0.788. The van der Waals surface area contributed by atoms with Crippen LogP contribution in [0.1, 0.15) is 30.4 Å². The summed E-state index contributed by atoms with van der Waals surface area (Å²) in [5.74, 6) is 0.853. The second-order valence-electron chi connectivity index (χ2n) is 5.49. The van der Waals surface area contributed by atoms with E-state index < -0.39 is 0 Å². The lowest BCUT2D eigenvalue weighted by atomic mass is 10.0. The Morgan fingerprint density at radius 1 is 1.48 bits per heavy atom. The van der Waals surface area contributed by atoms with Gasteiger partial charge in [0.2, 0.25) is 5.91 Å². The molecule has 3 nitrogen and oxygen atoms in total. The Balaban J connectivity index is 0.00000220. The molecule has 1 aliphatic rings. The monoisotopic (exact) mass is 328 g/mol. The van der Waals surface area contributed by atoms with Crippen molar-refractivity contribution >= 4 is 30.1 Å². The van der Waals surface area contributed by atoms with E-state index in [9.17, 15) is 4.79 Å². The van der Waals surface area contributed by atoms with Crippen LogP contribution in [0, 0.1) is 12.8 Å². The number of aryl methyl sites for hydroxylation is 1. The lowest BCUT2D eigenvalue weighted by molar-refractivity contribution is -0.121. The molecule has 2 N–H and O–H groups in total. The van der Waals surface area contributed by atoms with Crippen LogP contribution in [0.15, 0.2) is 23.1 Å². The topological polar surface area (TPSA) is 41.1 Å². The van der Waals surface area contributed by atoms with Crippen molar-refractivity contribution in [3.63, 3.8) is 0 Å². The van der Waals surface area contributed by atoms with Crippen molar-refractivity contribution < 1.29 is 4.79 Å². The highest BCUT2D eigenvalue weighted by Gasteiger charge is 2.15. The van der Waals surface area contributed by atoms with Gasteiger partial charge in [0.05, 0.1) is 0 Å². The number of hydrogen-bond acceptors (Lipinski definition) is 3. The van der Waals surface area contributed by atoms with Gasteiger partial charge < -0.3 is 10.6 Å². The predicted molar refractivity (Wildman–Crippen MR) is 92.3 cm³/mol. The molecule has 1 fully saturated rings. The first-order valence-electron chi connectivity index (χ1n) is 7.30. The average Bonchev–Trinajstić information content (AvgIpc) is 2.97. The van der Waals surface area contributed by atoms with Crippen LogP contribution in [0.2, 0.25) is 0 Å². The average molecular weight is 329 g/mol. The molecule has 1 heterocycles. The van der Waals surface area contributed by atoms with Crippen LogP contribution in [0.5, 0.6) is 0 Å². The summed E-state index contributed by atoms with van der Waals surface area (Å²) in [5.41, 5.74) is 2.47. The third kappa shape index (κ3) is 5.89. The van der Waals surface area contributed by atoms with Crippen LogP contribution in [-0.4, -0.2) is 25.3 Å². The lowest BCUT2D eigenvalue weighted by Gasteiger charge is -2.11. The molecule has 0 saturated carbocycles. The highest BCUT2D eigenvalue weighted by molar-refractivity contribution is 7.98. The molecule has 1 aromatic carbocycles. The molecular weight excluding hydrogens is 304 g/mol. The van der Waals surface area contributed by atoms with E-state index >= 15 is 0 Å². The van der Waals surface area contributed by atoms with Crippen molar-refractivity contribution in [3.05, 3.63) is 29.3 Å². The first-order chi connectivity index (χ1) is 9.69. The SMILES string of the molecule is CSc1cc(C)ccc1CNC(=O)CCC1CCNC1.Cl. The maximum absolute atomic E-state index is 11.9. The van der Waals surface area contributed by atoms with Gasteiger partial charge in [-0.25, -0.2) is 0 Å². The third-order valence-electron chi connectivity index (χ3n) is 3.86. The van der Waals surface area contributed by atoms with Crippen molar-refractivity contribution in [3.8, 4) is 0 Å². The van der Waals surface area contributed by atoms with Crippen molar-refractivity contribution in [1.82, 2.24) is 10.6 Å². The molecule has 1 amide bonds. The second-order valence-corrected chi connectivity index (χ2v) is 6.34. The predicted octanol–water partition coefficient (Wildman–Crippen LogP) is 3.14. The van der Waals surface area contributed by atoms with Gasteiger partial charge in [-0.1, -0.05) is 12.1 Å². The molecule has 1 unspecified atom stereocenters. The van der Waals surface area contributed by atoms with E-state index in [2.05, 4.69) is 42.0 Å². The molecule has 2 rings (SSSR count). The summed E-state index contributed by atoms with van der Waals surface area (Å²) in [4.78, 5) is 13.2. The Kier molecular flexibility index (Phi) is 8.15. The van der Waals surface area contributed by atoms with Crippen LogP contribution in [0.4, 0.5) is 0 Å². The molecule has 0 radical (unpaired) electrons. The molecule has 21 heavy (non-hydrogen) atoms. The fraction of sp³-hybridized carbons (Fsp3) is 0.562. The first kappa shape index (κ1) is 18.3. The van der Waals surface area contributed by atoms with Crippen molar-refractivity contribution in [1.29, 1.82) is 0 Å². The van der Waals surface area contributed by atoms with Gasteiger partial charge in [0, 0.05) is 17.9 Å². The normalized spacial score (nSPS) is 17.3. The molecule has 1 saturated heterocycles. The number of nitrogens with one attached hydrogen (secondary N) is 2. The van der Waals surface area contributed by atoms with Crippen LogP contribution < -0.4 is 10.6 Å². The highest BCUT2D eigenvalue weighted by atomic mass is 35.5. The Morgan fingerprint density at radius 3 is 2.95 bits per heavy atom. The molecule has 1 aliphatic heterocycles. The molecule has 1 atom stereocenters. The number of amides is 1. The summed E-state index contributed by atoms with van der Waals surface area (Å²) in [6, 6.07) is 6.39. The molecule has 0 spiro atoms. The van der Waals surface area contributed by atoms with E-state index in [0.29, 0.717) is 18.9 Å². The summed E-state index contributed by atoms with van der Waals surface area (Å²) < 4.78 is 0. The number of hydrogen-bond donors (Lipinski definition) is 2. The molecule has 0 aliphatic carbocycles. The van der Waals surface area contributed by atoms with Gasteiger partial charge in [-0.15, -0.1) is 24.2 Å². The minimum absolute atomic E-state index is 0. The van der Waals surface area contributed by atoms with E-state index in [1.165, 1.54) is 22.4 Å². The van der Waals surface area contributed by atoms with Gasteiger partial charge >= 0.3 is 0 Å². The smallest absolute Gasteiger partial charge is 0.220 e. The van der Waals surface area contributed by atoms with Crippen LogP contribution in [0.25, 0.3) is 0 Å². The van der Waals surface area contributed by atoms with Crippen molar-refractivity contribution in [2.75, 3.05) is 19.3 Å². The van der Waals surface area contributed by atoms with E-state index in [1.807, 2.05) is 0 Å². The number of carbonyl (C=O) groups excluding carboxylic acids is 1. The largest absolute Gasteiger partial charge is 0.352 e. The Morgan fingerprint density at radius 2 is 2.29 bits per heavy atom. The van der Waals surface area contributed by atoms with Gasteiger partial charge in [0.15, 0.2) is 0 Å². The third-order valence-corrected chi connectivity index (χ3v) is 4.68. The number of halogens is 1. The zero-order valence-electron chi connectivity index (χ0n) is 12.8. The standard InChI is InChI=1S/C16H24N2OS.ClH/c1-12-3-5-14(15(9-12)20-2)11-18-16(19)6-4-13-7-8-17-10-13;/h3,5,9,13,17H,4,6-8,10-11H2,1-2H3,(H,18,19);1H. The summed E-state index contributed by atoms with van der Waals surface area (Å²) >= 11 is 1.74. The molecule has 0 bridgehead atoms. The summed E-state index contributed by atoms with van der Waals surface area (Å²) in [6.45, 7) is 4.91. The van der Waals surface area contributed by atoms with E-state index in [4.69, 9.17) is 0 Å². The Labute approximate surface area is 138 Å². The lowest BCUT2D eigenvalue weighted by Crippen LogP contribution is -2.23. The molecule has 0 aromatic heterocycles. The van der Waals surface area contributed by atoms with E-state index in [1.54, 1.807) is 11.8 Å². The van der Waals surface area contributed by atoms with Gasteiger partial charge in [-0.2, -0.15) is 0 Å². The zero-order valence-corrected chi connectivity index (χ0v) is 14.4. The minimum Gasteiger partial charge on any atom is -0.352 e. The van der Waals surface area contributed by atoms with Crippen molar-refractivity contribution in [2.24, 2.45) is 5.92 Å². The number of rotatable bonds is 6. The first-order valence-corrected chi connectivity index (χ1v) is 8.52. The minimum atomic E-state index is 0. The molecule has 1 aromatic rings. The van der Waals surface area contributed by atoms with Crippen LogP contribution >= 0.6 is 24.2 Å². The van der Waals surface area contributed by atoms with E-state index in [-0.39, 0.29) is 18.3 Å². The maximum atomic E-state index is 11.9.